The van der Waals surface area contributed by atoms with Crippen molar-refractivity contribution >= 4 is 5.95 Å². The van der Waals surface area contributed by atoms with Gasteiger partial charge in [-0.1, -0.05) is 19.1 Å². The second kappa shape index (κ2) is 5.79. The largest absolute Gasteiger partial charge is 0.433 e. The van der Waals surface area contributed by atoms with Gasteiger partial charge in [-0.15, -0.1) is 0 Å². The highest BCUT2D eigenvalue weighted by molar-refractivity contribution is 5.40. The van der Waals surface area contributed by atoms with Crippen molar-refractivity contribution in [3.8, 4) is 0 Å². The van der Waals surface area contributed by atoms with Crippen molar-refractivity contribution in [3.05, 3.63) is 53.6 Å². The highest BCUT2D eigenvalue weighted by atomic mass is 19.4. The number of anilines is 1. The Morgan fingerprint density at radius 2 is 2.00 bits per heavy atom. The summed E-state index contributed by atoms with van der Waals surface area (Å²) < 4.78 is 52.0. The van der Waals surface area contributed by atoms with E-state index in [9.17, 15) is 17.6 Å². The van der Waals surface area contributed by atoms with Crippen LogP contribution in [0.1, 0.15) is 30.6 Å². The molecular formula is C16H15F4N3. The average molecular weight is 325 g/mol. The first-order valence-corrected chi connectivity index (χ1v) is 7.28. The molecule has 2 unspecified atom stereocenters. The van der Waals surface area contributed by atoms with Crippen molar-refractivity contribution < 1.29 is 17.6 Å². The lowest BCUT2D eigenvalue weighted by Crippen LogP contribution is -2.27. The maximum atomic E-state index is 13.5. The summed E-state index contributed by atoms with van der Waals surface area (Å²) in [6, 6.07) is 6.73. The Balaban J connectivity index is 1.98. The molecule has 1 aromatic carbocycles. The highest BCUT2D eigenvalue weighted by Crippen LogP contribution is 2.39. The van der Waals surface area contributed by atoms with Gasteiger partial charge in [0.15, 0.2) is 0 Å². The predicted octanol–water partition coefficient (Wildman–Crippen LogP) is 4.22. The number of hydrogen-bond donors (Lipinski definition) is 0. The van der Waals surface area contributed by atoms with Crippen LogP contribution in [-0.4, -0.2) is 16.5 Å². The lowest BCUT2D eigenvalue weighted by atomic mass is 9.95. The Labute approximate surface area is 131 Å². The molecule has 1 aliphatic rings. The second-order valence-corrected chi connectivity index (χ2v) is 5.70. The summed E-state index contributed by atoms with van der Waals surface area (Å²) >= 11 is 0. The minimum absolute atomic E-state index is 0.0263. The molecule has 1 saturated heterocycles. The summed E-state index contributed by atoms with van der Waals surface area (Å²) in [4.78, 5) is 9.36. The normalized spacial score (nSPS) is 21.7. The fraction of sp³-hybridized carbons (Fsp3) is 0.375. The maximum absolute atomic E-state index is 13.5. The van der Waals surface area contributed by atoms with E-state index >= 15 is 0 Å². The molecule has 122 valence electrons. The Hall–Kier alpha value is -2.18. The zero-order valence-corrected chi connectivity index (χ0v) is 12.4. The Morgan fingerprint density at radius 3 is 2.70 bits per heavy atom. The van der Waals surface area contributed by atoms with Crippen LogP contribution >= 0.6 is 0 Å². The quantitative estimate of drug-likeness (QED) is 0.774. The maximum Gasteiger partial charge on any atom is 0.433 e. The molecule has 3 rings (SSSR count). The van der Waals surface area contributed by atoms with Crippen molar-refractivity contribution in [2.24, 2.45) is 5.92 Å². The van der Waals surface area contributed by atoms with E-state index in [1.54, 1.807) is 17.0 Å². The molecule has 2 aromatic rings. The van der Waals surface area contributed by atoms with Crippen molar-refractivity contribution in [2.75, 3.05) is 11.4 Å². The van der Waals surface area contributed by atoms with Gasteiger partial charge in [-0.2, -0.15) is 13.2 Å². The number of hydrogen-bond acceptors (Lipinski definition) is 3. The van der Waals surface area contributed by atoms with E-state index in [-0.39, 0.29) is 23.7 Å². The van der Waals surface area contributed by atoms with E-state index in [4.69, 9.17) is 0 Å². The van der Waals surface area contributed by atoms with Crippen LogP contribution in [0.15, 0.2) is 36.5 Å². The first kappa shape index (κ1) is 15.7. The summed E-state index contributed by atoms with van der Waals surface area (Å²) in [5.41, 5.74) is -0.254. The van der Waals surface area contributed by atoms with E-state index in [1.807, 2.05) is 6.92 Å². The van der Waals surface area contributed by atoms with Gasteiger partial charge >= 0.3 is 6.18 Å². The van der Waals surface area contributed by atoms with Crippen molar-refractivity contribution in [1.29, 1.82) is 0 Å². The van der Waals surface area contributed by atoms with Gasteiger partial charge in [-0.05, 0) is 36.1 Å². The highest BCUT2D eigenvalue weighted by Gasteiger charge is 2.37. The van der Waals surface area contributed by atoms with Crippen LogP contribution in [-0.2, 0) is 6.18 Å². The molecule has 1 fully saturated rings. The minimum atomic E-state index is -4.52. The summed E-state index contributed by atoms with van der Waals surface area (Å²) in [5.74, 6) is -0.181. The van der Waals surface area contributed by atoms with Crippen LogP contribution in [0.4, 0.5) is 23.5 Å². The van der Waals surface area contributed by atoms with Gasteiger partial charge in [0.1, 0.15) is 11.5 Å². The van der Waals surface area contributed by atoms with Crippen LogP contribution in [0.3, 0.4) is 0 Å². The lowest BCUT2D eigenvalue weighted by Gasteiger charge is -2.27. The fourth-order valence-electron chi connectivity index (χ4n) is 3.01. The van der Waals surface area contributed by atoms with E-state index in [2.05, 4.69) is 9.97 Å². The molecule has 0 saturated carbocycles. The molecule has 0 N–H and O–H groups in total. The van der Waals surface area contributed by atoms with Gasteiger partial charge in [-0.3, -0.25) is 0 Å². The Kier molecular flexibility index (Phi) is 3.95. The molecule has 0 bridgehead atoms. The molecule has 2 heterocycles. The van der Waals surface area contributed by atoms with Crippen molar-refractivity contribution in [2.45, 2.75) is 25.6 Å². The third kappa shape index (κ3) is 3.13. The van der Waals surface area contributed by atoms with E-state index in [0.717, 1.165) is 24.2 Å². The number of benzene rings is 1. The average Bonchev–Trinajstić information content (AvgIpc) is 2.88. The topological polar surface area (TPSA) is 29.0 Å². The summed E-state index contributed by atoms with van der Waals surface area (Å²) in [5, 5.41) is 0. The molecule has 0 amide bonds. The van der Waals surface area contributed by atoms with Gasteiger partial charge in [0.25, 0.3) is 0 Å². The molecule has 2 atom stereocenters. The van der Waals surface area contributed by atoms with Crippen LogP contribution in [0, 0.1) is 11.7 Å². The number of rotatable bonds is 2. The predicted molar refractivity (Wildman–Crippen MR) is 77.3 cm³/mol. The van der Waals surface area contributed by atoms with E-state index in [0.29, 0.717) is 6.54 Å². The summed E-state index contributed by atoms with van der Waals surface area (Å²) in [6.07, 6.45) is -2.63. The third-order valence-corrected chi connectivity index (χ3v) is 4.08. The van der Waals surface area contributed by atoms with Crippen LogP contribution in [0.2, 0.25) is 0 Å². The SMILES string of the molecule is CC1CCN(c2nccc(C(F)(F)F)n2)C1c1cccc(F)c1. The standard InChI is InChI=1S/C16H15F4N3/c1-10-6-8-23(14(10)11-3-2-4-12(17)9-11)15-21-7-5-13(22-15)16(18,19)20/h2-5,7,9-10,14H,6,8H2,1H3. The lowest BCUT2D eigenvalue weighted by molar-refractivity contribution is -0.141. The molecule has 1 aliphatic heterocycles. The molecule has 7 heteroatoms. The first-order valence-electron chi connectivity index (χ1n) is 7.28. The van der Waals surface area contributed by atoms with Crippen LogP contribution in [0.25, 0.3) is 0 Å². The summed E-state index contributed by atoms with van der Waals surface area (Å²) in [7, 11) is 0. The van der Waals surface area contributed by atoms with Gasteiger partial charge in [0.05, 0.1) is 6.04 Å². The molecular weight excluding hydrogens is 310 g/mol. The molecule has 0 radical (unpaired) electrons. The number of aromatic nitrogens is 2. The second-order valence-electron chi connectivity index (χ2n) is 5.70. The molecule has 0 aliphatic carbocycles. The Morgan fingerprint density at radius 1 is 1.22 bits per heavy atom. The summed E-state index contributed by atoms with van der Waals surface area (Å²) in [6.45, 7) is 2.52. The number of halogens is 4. The smallest absolute Gasteiger partial charge is 0.333 e. The van der Waals surface area contributed by atoms with Gasteiger partial charge in [0, 0.05) is 12.7 Å². The first-order chi connectivity index (χ1) is 10.9. The number of nitrogens with zero attached hydrogens (tertiary/aromatic N) is 3. The van der Waals surface area contributed by atoms with Crippen LogP contribution in [0.5, 0.6) is 0 Å². The molecule has 3 nitrogen and oxygen atoms in total. The van der Waals surface area contributed by atoms with Gasteiger partial charge in [0.2, 0.25) is 5.95 Å². The van der Waals surface area contributed by atoms with Gasteiger partial charge in [-0.25, -0.2) is 14.4 Å². The van der Waals surface area contributed by atoms with Crippen molar-refractivity contribution in [1.82, 2.24) is 9.97 Å². The minimum Gasteiger partial charge on any atom is -0.333 e. The van der Waals surface area contributed by atoms with Crippen LogP contribution < -0.4 is 4.90 Å². The molecule has 0 spiro atoms. The third-order valence-electron chi connectivity index (χ3n) is 4.08. The van der Waals surface area contributed by atoms with E-state index < -0.39 is 11.9 Å². The molecule has 1 aromatic heterocycles. The molecule has 23 heavy (non-hydrogen) atoms. The zero-order valence-electron chi connectivity index (χ0n) is 12.4. The number of alkyl halides is 3. The fourth-order valence-corrected chi connectivity index (χ4v) is 3.01. The van der Waals surface area contributed by atoms with E-state index in [1.165, 1.54) is 12.1 Å². The van der Waals surface area contributed by atoms with Crippen molar-refractivity contribution in [3.63, 3.8) is 0 Å². The Bertz CT molecular complexity index is 702. The van der Waals surface area contributed by atoms with Gasteiger partial charge < -0.3 is 4.90 Å². The monoisotopic (exact) mass is 325 g/mol. The zero-order chi connectivity index (χ0) is 16.6.